The molecule has 2 rings (SSSR count). The summed E-state index contributed by atoms with van der Waals surface area (Å²) in [7, 11) is 0. The van der Waals surface area contributed by atoms with Crippen LogP contribution in [-0.2, 0) is 19.0 Å². The molecular weight excluding hydrogens is 376 g/mol. The molecule has 1 fully saturated rings. The Hall–Kier alpha value is -1.96. The molecule has 1 aliphatic heterocycles. The van der Waals surface area contributed by atoms with Gasteiger partial charge in [0.15, 0.2) is 12.2 Å². The molecule has 0 amide bonds. The monoisotopic (exact) mass is 408 g/mol. The lowest BCUT2D eigenvalue weighted by atomic mass is 9.91. The number of unbranched alkanes of at least 4 members (excludes halogenated alkanes) is 3. The minimum Gasteiger partial charge on any atom is -0.479 e. The van der Waals surface area contributed by atoms with Crippen molar-refractivity contribution >= 4 is 11.9 Å². The van der Waals surface area contributed by atoms with Crippen molar-refractivity contribution in [3.8, 4) is 0 Å². The Morgan fingerprint density at radius 1 is 1.03 bits per heavy atom. The first kappa shape index (κ1) is 23.3. The van der Waals surface area contributed by atoms with Crippen LogP contribution in [0.15, 0.2) is 30.3 Å². The largest absolute Gasteiger partial charge is 0.479 e. The van der Waals surface area contributed by atoms with Crippen molar-refractivity contribution in [2.75, 3.05) is 6.61 Å². The van der Waals surface area contributed by atoms with Crippen LogP contribution in [0.25, 0.3) is 0 Å². The quantitative estimate of drug-likeness (QED) is 0.428. The fourth-order valence-corrected chi connectivity index (χ4v) is 3.42. The van der Waals surface area contributed by atoms with Gasteiger partial charge in [-0.05, 0) is 25.0 Å². The van der Waals surface area contributed by atoms with Gasteiger partial charge in [0.2, 0.25) is 0 Å². The third-order valence-electron chi connectivity index (χ3n) is 5.05. The molecule has 5 atom stereocenters. The summed E-state index contributed by atoms with van der Waals surface area (Å²) in [6.45, 7) is 4.41. The Morgan fingerprint density at radius 2 is 1.72 bits per heavy atom. The van der Waals surface area contributed by atoms with Crippen LogP contribution in [-0.4, -0.2) is 59.3 Å². The highest BCUT2D eigenvalue weighted by atomic mass is 16.6. The van der Waals surface area contributed by atoms with Crippen molar-refractivity contribution < 1.29 is 34.0 Å². The van der Waals surface area contributed by atoms with E-state index in [4.69, 9.17) is 14.2 Å². The molecule has 0 aliphatic carbocycles. The summed E-state index contributed by atoms with van der Waals surface area (Å²) in [5.74, 6) is -1.81. The molecule has 7 nitrogen and oxygen atoms in total. The van der Waals surface area contributed by atoms with Crippen molar-refractivity contribution in [3.05, 3.63) is 35.9 Å². The van der Waals surface area contributed by atoms with Crippen LogP contribution in [0.2, 0.25) is 0 Å². The van der Waals surface area contributed by atoms with Gasteiger partial charge in [0.1, 0.15) is 12.2 Å². The number of aliphatic hydroxyl groups is 1. The summed E-state index contributed by atoms with van der Waals surface area (Å²) in [6, 6.07) is 8.55. The number of benzene rings is 1. The number of aliphatic hydroxyl groups excluding tert-OH is 1. The minimum atomic E-state index is -1.43. The molecule has 1 heterocycles. The first-order chi connectivity index (χ1) is 14.0. The fourth-order valence-electron chi connectivity index (χ4n) is 3.42. The topological polar surface area (TPSA) is 102 Å². The van der Waals surface area contributed by atoms with E-state index in [2.05, 4.69) is 6.92 Å². The van der Waals surface area contributed by atoms with Gasteiger partial charge in [0.25, 0.3) is 0 Å². The van der Waals surface area contributed by atoms with Gasteiger partial charge < -0.3 is 24.4 Å². The van der Waals surface area contributed by atoms with Gasteiger partial charge in [-0.3, -0.25) is 0 Å². The van der Waals surface area contributed by atoms with Crippen LogP contribution in [0.5, 0.6) is 0 Å². The summed E-state index contributed by atoms with van der Waals surface area (Å²) in [5.41, 5.74) is 0.377. The first-order valence-electron chi connectivity index (χ1n) is 10.4. The molecule has 0 saturated carbocycles. The molecule has 1 aromatic carbocycles. The predicted octanol–water partition coefficient (Wildman–Crippen LogP) is 3.19. The average molecular weight is 408 g/mol. The fraction of sp³-hybridized carbons (Fsp3) is 0.636. The number of aliphatic carboxylic acids is 1. The van der Waals surface area contributed by atoms with Crippen LogP contribution < -0.4 is 0 Å². The maximum Gasteiger partial charge on any atom is 0.338 e. The smallest absolute Gasteiger partial charge is 0.338 e. The highest BCUT2D eigenvalue weighted by Gasteiger charge is 2.50. The molecule has 29 heavy (non-hydrogen) atoms. The number of carboxylic acids is 1. The molecule has 0 bridgehead atoms. The number of carbonyl (C=O) groups is 2. The summed E-state index contributed by atoms with van der Waals surface area (Å²) >= 11 is 0. The second-order valence-electron chi connectivity index (χ2n) is 7.34. The van der Waals surface area contributed by atoms with Crippen LogP contribution in [0.3, 0.4) is 0 Å². The van der Waals surface area contributed by atoms with Gasteiger partial charge in [0, 0.05) is 6.61 Å². The lowest BCUT2D eigenvalue weighted by Crippen LogP contribution is -2.61. The van der Waals surface area contributed by atoms with Crippen molar-refractivity contribution in [1.29, 1.82) is 0 Å². The zero-order valence-corrected chi connectivity index (χ0v) is 17.2. The number of hydrogen-bond acceptors (Lipinski definition) is 6. The van der Waals surface area contributed by atoms with Gasteiger partial charge in [-0.15, -0.1) is 0 Å². The lowest BCUT2D eigenvalue weighted by molar-refractivity contribution is -0.239. The molecule has 162 valence electrons. The maximum atomic E-state index is 12.7. The van der Waals surface area contributed by atoms with E-state index >= 15 is 0 Å². The zero-order valence-electron chi connectivity index (χ0n) is 17.2. The molecule has 0 spiro atoms. The van der Waals surface area contributed by atoms with Gasteiger partial charge in [-0.25, -0.2) is 9.59 Å². The van der Waals surface area contributed by atoms with Gasteiger partial charge >= 0.3 is 11.9 Å². The van der Waals surface area contributed by atoms with E-state index in [1.54, 1.807) is 30.3 Å². The first-order valence-corrected chi connectivity index (χ1v) is 10.4. The van der Waals surface area contributed by atoms with Crippen LogP contribution in [0, 0.1) is 0 Å². The second kappa shape index (κ2) is 11.9. The van der Waals surface area contributed by atoms with Crippen LogP contribution >= 0.6 is 0 Å². The van der Waals surface area contributed by atoms with Gasteiger partial charge in [-0.1, -0.05) is 57.7 Å². The molecule has 3 unspecified atom stereocenters. The lowest BCUT2D eigenvalue weighted by Gasteiger charge is -2.43. The highest BCUT2D eigenvalue weighted by molar-refractivity contribution is 5.89. The van der Waals surface area contributed by atoms with Crippen molar-refractivity contribution in [3.63, 3.8) is 0 Å². The Bertz CT molecular complexity index is 633. The van der Waals surface area contributed by atoms with E-state index < -0.39 is 42.5 Å². The number of esters is 1. The summed E-state index contributed by atoms with van der Waals surface area (Å²) in [6.07, 6.45) is -0.473. The van der Waals surface area contributed by atoms with Crippen molar-refractivity contribution in [2.45, 2.75) is 82.9 Å². The number of carbonyl (C=O) groups excluding carboxylic acids is 1. The van der Waals surface area contributed by atoms with Crippen molar-refractivity contribution in [1.82, 2.24) is 0 Å². The van der Waals surface area contributed by atoms with E-state index in [9.17, 15) is 19.8 Å². The summed E-state index contributed by atoms with van der Waals surface area (Å²) < 4.78 is 17.2. The average Bonchev–Trinajstić information content (AvgIpc) is 2.72. The number of hydrogen-bond donors (Lipinski definition) is 2. The van der Waals surface area contributed by atoms with Crippen molar-refractivity contribution in [2.24, 2.45) is 0 Å². The highest BCUT2D eigenvalue weighted by Crippen LogP contribution is 2.30. The number of rotatable bonds is 11. The molecule has 0 aromatic heterocycles. The van der Waals surface area contributed by atoms with E-state index in [0.717, 1.165) is 32.1 Å². The summed E-state index contributed by atoms with van der Waals surface area (Å²) in [5, 5.41) is 20.1. The summed E-state index contributed by atoms with van der Waals surface area (Å²) in [4.78, 5) is 24.3. The molecular formula is C22H32O7. The Morgan fingerprint density at radius 3 is 2.34 bits per heavy atom. The SMILES string of the molecule is CCCCC[C@@H]1OC(C(=O)O)[C@@H](O)C(OCCCC)C1OC(=O)c1ccccc1. The van der Waals surface area contributed by atoms with E-state index in [-0.39, 0.29) is 0 Å². The Kier molecular flexibility index (Phi) is 9.57. The molecule has 0 radical (unpaired) electrons. The number of carboxylic acid groups (broad SMARTS) is 1. The molecule has 1 aromatic rings. The third kappa shape index (κ3) is 6.52. The standard InChI is InChI=1S/C22H32O7/c1-3-5-8-13-16-18(29-22(26)15-11-9-7-10-12-15)19(27-14-6-4-2)17(23)20(28-16)21(24)25/h7,9-12,16-20,23H,3-6,8,13-14H2,1-2H3,(H,24,25)/t16-,17-,18?,19?,20?/m0/s1. The Labute approximate surface area is 172 Å². The van der Waals surface area contributed by atoms with Gasteiger partial charge in [0.05, 0.1) is 11.7 Å². The Balaban J connectivity index is 2.25. The van der Waals surface area contributed by atoms with E-state index in [1.165, 1.54) is 0 Å². The van der Waals surface area contributed by atoms with Crippen LogP contribution in [0.1, 0.15) is 62.7 Å². The van der Waals surface area contributed by atoms with E-state index in [0.29, 0.717) is 18.6 Å². The number of ether oxygens (including phenoxy) is 3. The van der Waals surface area contributed by atoms with E-state index in [1.807, 2.05) is 6.92 Å². The zero-order chi connectivity index (χ0) is 21.2. The normalized spacial score (nSPS) is 26.8. The molecule has 1 saturated heterocycles. The molecule has 2 N–H and O–H groups in total. The van der Waals surface area contributed by atoms with Crippen LogP contribution in [0.4, 0.5) is 0 Å². The molecule has 1 aliphatic rings. The minimum absolute atomic E-state index is 0.339. The molecule has 7 heteroatoms. The predicted molar refractivity (Wildman–Crippen MR) is 107 cm³/mol. The van der Waals surface area contributed by atoms with Gasteiger partial charge in [-0.2, -0.15) is 0 Å². The third-order valence-corrected chi connectivity index (χ3v) is 5.05. The maximum absolute atomic E-state index is 12.7. The second-order valence-corrected chi connectivity index (χ2v) is 7.34.